The Hall–Kier alpha value is -1.00. The minimum absolute atomic E-state index is 0.0483. The molecule has 2 N–H and O–H groups in total. The highest BCUT2D eigenvalue weighted by Crippen LogP contribution is 2.28. The van der Waals surface area contributed by atoms with Crippen molar-refractivity contribution >= 4 is 17.1 Å². The number of carbonyl (C=O) groups excluding carboxylic acids is 1. The predicted octanol–water partition coefficient (Wildman–Crippen LogP) is 2.93. The minimum atomic E-state index is -1.22. The summed E-state index contributed by atoms with van der Waals surface area (Å²) >= 11 is -1.22. The van der Waals surface area contributed by atoms with Gasteiger partial charge < -0.3 is 10.3 Å². The zero-order valence-electron chi connectivity index (χ0n) is 11.5. The molecule has 0 aliphatic rings. The Morgan fingerprint density at radius 3 is 2.53 bits per heavy atom. The van der Waals surface area contributed by atoms with E-state index in [4.69, 9.17) is 5.73 Å². The largest absolute Gasteiger partial charge is 0.615 e. The van der Waals surface area contributed by atoms with Gasteiger partial charge in [0, 0.05) is 5.56 Å². The fourth-order valence-electron chi connectivity index (χ4n) is 2.11. The molecule has 1 aromatic rings. The maximum Gasteiger partial charge on any atom is 0.267 e. The molecule has 1 aromatic carbocycles. The van der Waals surface area contributed by atoms with E-state index >= 15 is 0 Å². The third kappa shape index (κ3) is 6.12. The van der Waals surface area contributed by atoms with Gasteiger partial charge in [-0.15, -0.1) is 0 Å². The first-order valence-electron chi connectivity index (χ1n) is 6.85. The Labute approximate surface area is 118 Å². The highest BCUT2D eigenvalue weighted by Gasteiger charge is 2.25. The maximum atomic E-state index is 12.2. The van der Waals surface area contributed by atoms with Crippen LogP contribution in [0.15, 0.2) is 30.3 Å². The average Bonchev–Trinajstić information content (AvgIpc) is 2.39. The third-order valence-corrected chi connectivity index (χ3v) is 4.80. The van der Waals surface area contributed by atoms with Gasteiger partial charge in [0.1, 0.15) is 5.25 Å². The topological polar surface area (TPSA) is 66.2 Å². The average molecular weight is 281 g/mol. The molecule has 0 aromatic heterocycles. The molecule has 2 atom stereocenters. The number of rotatable bonds is 9. The Morgan fingerprint density at radius 2 is 1.95 bits per heavy atom. The fraction of sp³-hybridized carbons (Fsp3) is 0.533. The number of hydrogen-bond donors (Lipinski definition) is 1. The molecule has 0 bridgehead atoms. The van der Waals surface area contributed by atoms with Crippen LogP contribution in [0.2, 0.25) is 0 Å². The van der Waals surface area contributed by atoms with Gasteiger partial charge in [-0.1, -0.05) is 56.5 Å². The zero-order valence-corrected chi connectivity index (χ0v) is 12.3. The molecule has 106 valence electrons. The molecular weight excluding hydrogens is 258 g/mol. The minimum Gasteiger partial charge on any atom is -0.615 e. The van der Waals surface area contributed by atoms with Gasteiger partial charge in [-0.05, 0) is 24.0 Å². The van der Waals surface area contributed by atoms with Gasteiger partial charge in [-0.25, -0.2) is 0 Å². The van der Waals surface area contributed by atoms with Crippen molar-refractivity contribution in [1.29, 1.82) is 0 Å². The standard InChI is InChI=1S/C15H23NO2S/c1-2-3-4-8-11-14(19(18)12-15(16)17)13-9-6-5-7-10-13/h5-7,9-10,14H,2-4,8,11-12H2,1H3,(H2,16,17). The zero-order chi connectivity index (χ0) is 14.1. The Morgan fingerprint density at radius 1 is 1.26 bits per heavy atom. The molecule has 19 heavy (non-hydrogen) atoms. The van der Waals surface area contributed by atoms with Crippen molar-refractivity contribution in [2.45, 2.75) is 44.3 Å². The first-order valence-corrected chi connectivity index (χ1v) is 8.23. The highest BCUT2D eigenvalue weighted by atomic mass is 32.2. The van der Waals surface area contributed by atoms with Gasteiger partial charge in [0.15, 0.2) is 5.75 Å². The van der Waals surface area contributed by atoms with E-state index in [-0.39, 0.29) is 11.0 Å². The molecule has 3 nitrogen and oxygen atoms in total. The van der Waals surface area contributed by atoms with Crippen molar-refractivity contribution < 1.29 is 9.35 Å². The lowest BCUT2D eigenvalue weighted by Crippen LogP contribution is -2.27. The van der Waals surface area contributed by atoms with Crippen LogP contribution in [-0.2, 0) is 16.0 Å². The second-order valence-corrected chi connectivity index (χ2v) is 6.36. The smallest absolute Gasteiger partial charge is 0.267 e. The van der Waals surface area contributed by atoms with Gasteiger partial charge >= 0.3 is 0 Å². The van der Waals surface area contributed by atoms with Gasteiger partial charge in [0.05, 0.1) is 0 Å². The number of amides is 1. The van der Waals surface area contributed by atoms with Crippen LogP contribution in [-0.4, -0.2) is 16.2 Å². The molecule has 0 saturated heterocycles. The van der Waals surface area contributed by atoms with Gasteiger partial charge in [-0.2, -0.15) is 0 Å². The number of carbonyl (C=O) groups is 1. The number of hydrogen-bond acceptors (Lipinski definition) is 2. The van der Waals surface area contributed by atoms with E-state index in [0.717, 1.165) is 24.8 Å². The van der Waals surface area contributed by atoms with E-state index in [9.17, 15) is 9.35 Å². The van der Waals surface area contributed by atoms with Crippen molar-refractivity contribution in [3.05, 3.63) is 35.9 Å². The number of unbranched alkanes of at least 4 members (excludes halogenated alkanes) is 3. The van der Waals surface area contributed by atoms with Gasteiger partial charge in [0.25, 0.3) is 5.91 Å². The van der Waals surface area contributed by atoms with Crippen LogP contribution in [0.3, 0.4) is 0 Å². The Balaban J connectivity index is 2.65. The molecule has 0 saturated carbocycles. The lowest BCUT2D eigenvalue weighted by molar-refractivity contribution is -0.115. The van der Waals surface area contributed by atoms with E-state index < -0.39 is 17.1 Å². The van der Waals surface area contributed by atoms with Crippen LogP contribution in [0.5, 0.6) is 0 Å². The van der Waals surface area contributed by atoms with E-state index in [2.05, 4.69) is 6.92 Å². The van der Waals surface area contributed by atoms with E-state index in [1.165, 1.54) is 12.8 Å². The van der Waals surface area contributed by atoms with Crippen LogP contribution in [0.4, 0.5) is 0 Å². The molecule has 0 fully saturated rings. The maximum absolute atomic E-state index is 12.2. The molecule has 0 heterocycles. The van der Waals surface area contributed by atoms with E-state index in [0.29, 0.717) is 0 Å². The summed E-state index contributed by atoms with van der Waals surface area (Å²) in [6, 6.07) is 9.77. The van der Waals surface area contributed by atoms with Crippen LogP contribution >= 0.6 is 0 Å². The molecule has 1 amide bonds. The van der Waals surface area contributed by atoms with E-state index in [1.807, 2.05) is 30.3 Å². The van der Waals surface area contributed by atoms with Crippen LogP contribution in [0.1, 0.15) is 49.8 Å². The van der Waals surface area contributed by atoms with Crippen LogP contribution in [0.25, 0.3) is 0 Å². The first-order chi connectivity index (χ1) is 9.15. The van der Waals surface area contributed by atoms with Crippen molar-refractivity contribution in [2.24, 2.45) is 5.73 Å². The third-order valence-electron chi connectivity index (χ3n) is 3.09. The molecule has 0 aliphatic carbocycles. The highest BCUT2D eigenvalue weighted by molar-refractivity contribution is 7.92. The fourth-order valence-corrected chi connectivity index (χ4v) is 3.49. The molecule has 1 rings (SSSR count). The van der Waals surface area contributed by atoms with Gasteiger partial charge in [0.2, 0.25) is 0 Å². The second kappa shape index (κ2) is 8.99. The quantitative estimate of drug-likeness (QED) is 0.558. The second-order valence-electron chi connectivity index (χ2n) is 4.74. The molecular formula is C15H23NO2S. The summed E-state index contributed by atoms with van der Waals surface area (Å²) < 4.78 is 12.2. The summed E-state index contributed by atoms with van der Waals surface area (Å²) in [4.78, 5) is 11.0. The van der Waals surface area contributed by atoms with E-state index in [1.54, 1.807) is 0 Å². The number of nitrogens with two attached hydrogens (primary N) is 1. The summed E-state index contributed by atoms with van der Waals surface area (Å²) in [7, 11) is 0. The summed E-state index contributed by atoms with van der Waals surface area (Å²) in [5.41, 5.74) is 6.19. The van der Waals surface area contributed by atoms with Crippen molar-refractivity contribution in [1.82, 2.24) is 0 Å². The molecule has 4 heteroatoms. The van der Waals surface area contributed by atoms with Crippen molar-refractivity contribution in [2.75, 3.05) is 5.75 Å². The SMILES string of the molecule is CCCCCCC(c1ccccc1)[S+]([O-])CC(N)=O. The van der Waals surface area contributed by atoms with Crippen LogP contribution < -0.4 is 5.73 Å². The summed E-state index contributed by atoms with van der Waals surface area (Å²) in [6.07, 6.45) is 5.42. The summed E-state index contributed by atoms with van der Waals surface area (Å²) in [5, 5.41) is -0.0782. The Kier molecular flexibility index (Phi) is 7.60. The van der Waals surface area contributed by atoms with Crippen LogP contribution in [0, 0.1) is 0 Å². The molecule has 0 radical (unpaired) electrons. The Bertz CT molecular complexity index is 370. The summed E-state index contributed by atoms with van der Waals surface area (Å²) in [5.74, 6) is -0.541. The molecule has 0 spiro atoms. The lowest BCUT2D eigenvalue weighted by atomic mass is 10.1. The van der Waals surface area contributed by atoms with Crippen molar-refractivity contribution in [3.8, 4) is 0 Å². The molecule has 2 unspecified atom stereocenters. The first kappa shape index (κ1) is 16.1. The normalized spacial score (nSPS) is 14.0. The molecule has 0 aliphatic heterocycles. The number of primary amides is 1. The predicted molar refractivity (Wildman–Crippen MR) is 80.1 cm³/mol. The van der Waals surface area contributed by atoms with Crippen molar-refractivity contribution in [3.63, 3.8) is 0 Å². The lowest BCUT2D eigenvalue weighted by Gasteiger charge is -2.21. The number of benzene rings is 1. The van der Waals surface area contributed by atoms with Gasteiger partial charge in [-0.3, -0.25) is 4.79 Å². The monoisotopic (exact) mass is 281 g/mol. The summed E-state index contributed by atoms with van der Waals surface area (Å²) in [6.45, 7) is 2.17.